The standard InChI is InChI=1S/C13H16N2O3/c1-13(17-6-10(14)7-18-13)9-2-3-11-8(4-9)5-12(16)15-11/h2-4,10H,5-7,14H2,1H3,(H,15,16). The first-order chi connectivity index (χ1) is 8.57. The largest absolute Gasteiger partial charge is 0.344 e. The third-order valence-electron chi connectivity index (χ3n) is 3.40. The minimum Gasteiger partial charge on any atom is -0.344 e. The van der Waals surface area contributed by atoms with Gasteiger partial charge in [0.2, 0.25) is 5.91 Å². The maximum absolute atomic E-state index is 11.3. The topological polar surface area (TPSA) is 73.6 Å². The van der Waals surface area contributed by atoms with Crippen LogP contribution in [0.25, 0.3) is 0 Å². The van der Waals surface area contributed by atoms with E-state index < -0.39 is 5.79 Å². The van der Waals surface area contributed by atoms with Crippen molar-refractivity contribution in [3.8, 4) is 0 Å². The summed E-state index contributed by atoms with van der Waals surface area (Å²) < 4.78 is 11.4. The van der Waals surface area contributed by atoms with E-state index in [0.717, 1.165) is 16.8 Å². The quantitative estimate of drug-likeness (QED) is 0.768. The molecule has 0 spiro atoms. The fourth-order valence-electron chi connectivity index (χ4n) is 2.30. The molecule has 1 saturated heterocycles. The molecule has 96 valence electrons. The molecule has 1 aromatic rings. The molecule has 0 atom stereocenters. The molecule has 0 bridgehead atoms. The molecule has 1 aromatic carbocycles. The first-order valence-electron chi connectivity index (χ1n) is 6.03. The lowest BCUT2D eigenvalue weighted by Gasteiger charge is -2.37. The van der Waals surface area contributed by atoms with Crippen molar-refractivity contribution < 1.29 is 14.3 Å². The molecule has 5 nitrogen and oxygen atoms in total. The Labute approximate surface area is 105 Å². The summed E-state index contributed by atoms with van der Waals surface area (Å²) in [6.07, 6.45) is 0.415. The number of rotatable bonds is 1. The molecule has 0 unspecified atom stereocenters. The van der Waals surface area contributed by atoms with E-state index in [2.05, 4.69) is 5.32 Å². The van der Waals surface area contributed by atoms with Gasteiger partial charge in [-0.3, -0.25) is 4.79 Å². The second-order valence-electron chi connectivity index (χ2n) is 4.92. The van der Waals surface area contributed by atoms with Gasteiger partial charge >= 0.3 is 0 Å². The summed E-state index contributed by atoms with van der Waals surface area (Å²) >= 11 is 0. The number of nitrogens with two attached hydrogens (primary N) is 1. The molecule has 0 aliphatic carbocycles. The third kappa shape index (κ3) is 1.90. The van der Waals surface area contributed by atoms with Crippen LogP contribution in [0, 0.1) is 0 Å². The van der Waals surface area contributed by atoms with E-state index >= 15 is 0 Å². The highest BCUT2D eigenvalue weighted by molar-refractivity contribution is 5.99. The predicted octanol–water partition coefficient (Wildman–Crippen LogP) is 0.728. The van der Waals surface area contributed by atoms with Crippen molar-refractivity contribution in [3.63, 3.8) is 0 Å². The van der Waals surface area contributed by atoms with Crippen molar-refractivity contribution in [1.82, 2.24) is 0 Å². The number of hydrogen-bond donors (Lipinski definition) is 2. The van der Waals surface area contributed by atoms with Crippen molar-refractivity contribution in [2.24, 2.45) is 5.73 Å². The van der Waals surface area contributed by atoms with Crippen LogP contribution in [-0.2, 0) is 26.5 Å². The van der Waals surface area contributed by atoms with Crippen molar-refractivity contribution >= 4 is 11.6 Å². The molecule has 0 aromatic heterocycles. The van der Waals surface area contributed by atoms with Gasteiger partial charge in [-0.2, -0.15) is 0 Å². The van der Waals surface area contributed by atoms with Crippen molar-refractivity contribution in [1.29, 1.82) is 0 Å². The molecular formula is C13H16N2O3. The zero-order valence-corrected chi connectivity index (χ0v) is 10.2. The Morgan fingerprint density at radius 2 is 2.11 bits per heavy atom. The summed E-state index contributed by atoms with van der Waals surface area (Å²) in [5, 5.41) is 2.81. The van der Waals surface area contributed by atoms with Crippen LogP contribution in [0.1, 0.15) is 18.1 Å². The highest BCUT2D eigenvalue weighted by Crippen LogP contribution is 2.33. The van der Waals surface area contributed by atoms with Crippen molar-refractivity contribution in [3.05, 3.63) is 29.3 Å². The van der Waals surface area contributed by atoms with Gasteiger partial charge in [-0.25, -0.2) is 0 Å². The SMILES string of the molecule is CC1(c2ccc3c(c2)CC(=O)N3)OCC(N)CO1. The van der Waals surface area contributed by atoms with Crippen LogP contribution in [0.2, 0.25) is 0 Å². The van der Waals surface area contributed by atoms with Gasteiger partial charge in [0.25, 0.3) is 0 Å². The monoisotopic (exact) mass is 248 g/mol. The highest BCUT2D eigenvalue weighted by Gasteiger charge is 2.34. The molecule has 3 rings (SSSR count). The van der Waals surface area contributed by atoms with E-state index in [1.807, 2.05) is 25.1 Å². The Morgan fingerprint density at radius 1 is 1.39 bits per heavy atom. The number of hydrogen-bond acceptors (Lipinski definition) is 4. The Kier molecular flexibility index (Phi) is 2.62. The van der Waals surface area contributed by atoms with Gasteiger partial charge in [-0.1, -0.05) is 6.07 Å². The lowest BCUT2D eigenvalue weighted by molar-refractivity contribution is -0.270. The van der Waals surface area contributed by atoms with Crippen LogP contribution in [0.4, 0.5) is 5.69 Å². The molecule has 18 heavy (non-hydrogen) atoms. The number of carbonyl (C=O) groups excluding carboxylic acids is 1. The van der Waals surface area contributed by atoms with E-state index in [1.165, 1.54) is 0 Å². The minimum atomic E-state index is -0.767. The first-order valence-corrected chi connectivity index (χ1v) is 6.03. The fraction of sp³-hybridized carbons (Fsp3) is 0.462. The van der Waals surface area contributed by atoms with Crippen LogP contribution in [0.3, 0.4) is 0 Å². The Balaban J connectivity index is 1.89. The van der Waals surface area contributed by atoms with Gasteiger partial charge < -0.3 is 20.5 Å². The van der Waals surface area contributed by atoms with Crippen LogP contribution >= 0.6 is 0 Å². The molecule has 1 amide bonds. The molecule has 0 radical (unpaired) electrons. The number of carbonyl (C=O) groups is 1. The van der Waals surface area contributed by atoms with Crippen molar-refractivity contribution in [2.45, 2.75) is 25.2 Å². The van der Waals surface area contributed by atoms with Gasteiger partial charge in [0.15, 0.2) is 5.79 Å². The summed E-state index contributed by atoms with van der Waals surface area (Å²) in [7, 11) is 0. The molecule has 3 N–H and O–H groups in total. The summed E-state index contributed by atoms with van der Waals surface area (Å²) in [4.78, 5) is 11.3. The van der Waals surface area contributed by atoms with Crippen molar-refractivity contribution in [2.75, 3.05) is 18.5 Å². The highest BCUT2D eigenvalue weighted by atomic mass is 16.7. The molecule has 5 heteroatoms. The van der Waals surface area contributed by atoms with Crippen LogP contribution < -0.4 is 11.1 Å². The van der Waals surface area contributed by atoms with Crippen LogP contribution in [-0.4, -0.2) is 25.2 Å². The van der Waals surface area contributed by atoms with E-state index in [-0.39, 0.29) is 11.9 Å². The van der Waals surface area contributed by atoms with Crippen LogP contribution in [0.5, 0.6) is 0 Å². The Bertz CT molecular complexity index is 493. The number of nitrogens with one attached hydrogen (secondary N) is 1. The zero-order valence-electron chi connectivity index (χ0n) is 10.2. The second kappa shape index (κ2) is 4.05. The Morgan fingerprint density at radius 3 is 2.83 bits per heavy atom. The van der Waals surface area contributed by atoms with E-state index in [9.17, 15) is 4.79 Å². The fourth-order valence-corrected chi connectivity index (χ4v) is 2.30. The third-order valence-corrected chi connectivity index (χ3v) is 3.40. The summed E-state index contributed by atoms with van der Waals surface area (Å²) in [5.74, 6) is -0.740. The van der Waals surface area contributed by atoms with E-state index in [4.69, 9.17) is 15.2 Å². The van der Waals surface area contributed by atoms with Gasteiger partial charge in [0.05, 0.1) is 25.7 Å². The van der Waals surface area contributed by atoms with Gasteiger partial charge in [-0.05, 0) is 24.6 Å². The molecular weight excluding hydrogens is 232 g/mol. The normalized spacial score (nSPS) is 31.0. The Hall–Kier alpha value is -1.43. The number of benzene rings is 1. The average molecular weight is 248 g/mol. The van der Waals surface area contributed by atoms with Gasteiger partial charge in [0, 0.05) is 11.3 Å². The molecule has 2 heterocycles. The predicted molar refractivity (Wildman–Crippen MR) is 66.0 cm³/mol. The number of amides is 1. The number of fused-ring (bicyclic) bond motifs is 1. The van der Waals surface area contributed by atoms with Gasteiger partial charge in [-0.15, -0.1) is 0 Å². The lowest BCUT2D eigenvalue weighted by atomic mass is 10.0. The molecule has 2 aliphatic heterocycles. The minimum absolute atomic E-state index is 0.0276. The second-order valence-corrected chi connectivity index (χ2v) is 4.92. The zero-order chi connectivity index (χ0) is 12.8. The molecule has 2 aliphatic rings. The molecule has 0 saturated carbocycles. The van der Waals surface area contributed by atoms with E-state index in [1.54, 1.807) is 0 Å². The smallest absolute Gasteiger partial charge is 0.228 e. The maximum atomic E-state index is 11.3. The van der Waals surface area contributed by atoms with E-state index in [0.29, 0.717) is 19.6 Å². The van der Waals surface area contributed by atoms with Gasteiger partial charge in [0.1, 0.15) is 0 Å². The summed E-state index contributed by atoms with van der Waals surface area (Å²) in [6, 6.07) is 5.70. The number of ether oxygens (including phenoxy) is 2. The summed E-state index contributed by atoms with van der Waals surface area (Å²) in [5.41, 5.74) is 8.52. The average Bonchev–Trinajstić information content (AvgIpc) is 2.72. The molecule has 1 fully saturated rings. The lowest BCUT2D eigenvalue weighted by Crippen LogP contribution is -2.46. The maximum Gasteiger partial charge on any atom is 0.228 e. The first kappa shape index (κ1) is 11.6. The van der Waals surface area contributed by atoms with Crippen LogP contribution in [0.15, 0.2) is 18.2 Å². The summed E-state index contributed by atoms with van der Waals surface area (Å²) in [6.45, 7) is 2.83. The number of anilines is 1.